The van der Waals surface area contributed by atoms with Gasteiger partial charge in [0.05, 0.1) is 12.1 Å². The van der Waals surface area contributed by atoms with Gasteiger partial charge in [0.1, 0.15) is 5.75 Å². The molecule has 0 aromatic heterocycles. The zero-order valence-electron chi connectivity index (χ0n) is 9.95. The molecule has 2 bridgehead atoms. The summed E-state index contributed by atoms with van der Waals surface area (Å²) in [6, 6.07) is 7.50. The molecule has 3 nitrogen and oxygen atoms in total. The number of nitrogens with one attached hydrogen (secondary N) is 1. The van der Waals surface area contributed by atoms with Crippen LogP contribution in [-0.4, -0.2) is 37.2 Å². The summed E-state index contributed by atoms with van der Waals surface area (Å²) in [5, 5.41) is 4.14. The second-order valence-corrected chi connectivity index (χ2v) is 5.25. The van der Waals surface area contributed by atoms with Crippen LogP contribution in [0.5, 0.6) is 5.75 Å². The van der Waals surface area contributed by atoms with Gasteiger partial charge in [0.15, 0.2) is 0 Å². The van der Waals surface area contributed by atoms with Crippen molar-refractivity contribution in [3.05, 3.63) is 28.8 Å². The molecule has 2 saturated heterocycles. The fourth-order valence-corrected chi connectivity index (χ4v) is 3.12. The first-order chi connectivity index (χ1) is 8.28. The van der Waals surface area contributed by atoms with Crippen molar-refractivity contribution in [2.45, 2.75) is 25.0 Å². The molecule has 2 atom stereocenters. The Morgan fingerprint density at radius 2 is 2.18 bits per heavy atom. The van der Waals surface area contributed by atoms with Crippen molar-refractivity contribution in [3.63, 3.8) is 0 Å². The van der Waals surface area contributed by atoms with E-state index in [9.17, 15) is 0 Å². The van der Waals surface area contributed by atoms with Gasteiger partial charge in [-0.1, -0.05) is 17.7 Å². The van der Waals surface area contributed by atoms with E-state index < -0.39 is 0 Å². The van der Waals surface area contributed by atoms with Crippen LogP contribution in [0.1, 0.15) is 12.0 Å². The Morgan fingerprint density at radius 3 is 2.76 bits per heavy atom. The van der Waals surface area contributed by atoms with Crippen LogP contribution in [0.3, 0.4) is 0 Å². The molecule has 0 aliphatic carbocycles. The van der Waals surface area contributed by atoms with Crippen LogP contribution >= 0.6 is 11.6 Å². The highest BCUT2D eigenvalue weighted by Crippen LogP contribution is 2.32. The Morgan fingerprint density at radius 1 is 1.41 bits per heavy atom. The van der Waals surface area contributed by atoms with Crippen molar-refractivity contribution in [2.75, 3.05) is 20.2 Å². The van der Waals surface area contributed by atoms with E-state index in [1.807, 2.05) is 12.1 Å². The number of hydrogen-bond acceptors (Lipinski definition) is 3. The van der Waals surface area contributed by atoms with Crippen LogP contribution in [0.25, 0.3) is 0 Å². The van der Waals surface area contributed by atoms with Crippen molar-refractivity contribution in [2.24, 2.45) is 0 Å². The van der Waals surface area contributed by atoms with Gasteiger partial charge in [0.2, 0.25) is 0 Å². The number of ether oxygens (including phenoxy) is 1. The molecule has 2 fully saturated rings. The highest BCUT2D eigenvalue weighted by atomic mass is 35.5. The smallest absolute Gasteiger partial charge is 0.137 e. The summed E-state index contributed by atoms with van der Waals surface area (Å²) in [5.41, 5.74) is 1.27. The van der Waals surface area contributed by atoms with Crippen molar-refractivity contribution >= 4 is 11.6 Å². The largest absolute Gasteiger partial charge is 0.495 e. The lowest BCUT2D eigenvalue weighted by atomic mass is 9.88. The van der Waals surface area contributed by atoms with Gasteiger partial charge in [-0.3, -0.25) is 4.90 Å². The van der Waals surface area contributed by atoms with Crippen molar-refractivity contribution < 1.29 is 4.74 Å². The molecule has 0 saturated carbocycles. The third-order valence-electron chi connectivity index (χ3n) is 3.82. The van der Waals surface area contributed by atoms with Crippen LogP contribution < -0.4 is 10.1 Å². The Bertz CT molecular complexity index is 410. The maximum Gasteiger partial charge on any atom is 0.137 e. The summed E-state index contributed by atoms with van der Waals surface area (Å²) < 4.78 is 5.16. The van der Waals surface area contributed by atoms with E-state index in [2.05, 4.69) is 16.3 Å². The lowest BCUT2D eigenvalue weighted by molar-refractivity contribution is -0.0206. The van der Waals surface area contributed by atoms with Crippen LogP contribution in [0.2, 0.25) is 5.02 Å². The predicted octanol–water partition coefficient (Wildman–Crippen LogP) is 1.89. The Labute approximate surface area is 107 Å². The molecule has 0 amide bonds. The second kappa shape index (κ2) is 4.48. The standard InChI is InChI=1S/C13H17ClN2O/c1-17-13-3-2-9(4-12(13)14)8-16-10-5-11(16)7-15-6-10/h2-4,10-11,15H,5-8H2,1H3. The maximum absolute atomic E-state index is 6.14. The summed E-state index contributed by atoms with van der Waals surface area (Å²) in [6.07, 6.45) is 1.34. The molecule has 92 valence electrons. The first-order valence-electron chi connectivity index (χ1n) is 6.07. The molecule has 3 rings (SSSR count). The number of halogens is 1. The van der Waals surface area contributed by atoms with E-state index in [1.54, 1.807) is 7.11 Å². The van der Waals surface area contributed by atoms with Gasteiger partial charge < -0.3 is 10.1 Å². The molecule has 2 aliphatic rings. The molecule has 2 aliphatic heterocycles. The summed E-state index contributed by atoms with van der Waals surface area (Å²) in [7, 11) is 1.65. The zero-order chi connectivity index (χ0) is 11.8. The van der Waals surface area contributed by atoms with Crippen molar-refractivity contribution in [1.29, 1.82) is 0 Å². The average molecular weight is 253 g/mol. The van der Waals surface area contributed by atoms with Gasteiger partial charge in [-0.25, -0.2) is 0 Å². The molecule has 2 heterocycles. The fraction of sp³-hybridized carbons (Fsp3) is 0.538. The molecule has 1 N–H and O–H groups in total. The van der Waals surface area contributed by atoms with E-state index >= 15 is 0 Å². The van der Waals surface area contributed by atoms with E-state index in [4.69, 9.17) is 16.3 Å². The lowest BCUT2D eigenvalue weighted by Crippen LogP contribution is -2.67. The number of piperazine rings is 1. The van der Waals surface area contributed by atoms with Crippen LogP contribution in [0.15, 0.2) is 18.2 Å². The lowest BCUT2D eigenvalue weighted by Gasteiger charge is -2.53. The molecule has 4 heteroatoms. The fourth-order valence-electron chi connectivity index (χ4n) is 2.84. The molecule has 0 radical (unpaired) electrons. The Hall–Kier alpha value is -0.770. The third kappa shape index (κ3) is 2.03. The second-order valence-electron chi connectivity index (χ2n) is 4.84. The minimum Gasteiger partial charge on any atom is -0.495 e. The monoisotopic (exact) mass is 252 g/mol. The number of piperidine rings is 1. The number of hydrogen-bond donors (Lipinski definition) is 1. The number of nitrogens with zero attached hydrogens (tertiary/aromatic N) is 1. The maximum atomic E-state index is 6.14. The Kier molecular flexibility index (Phi) is 2.99. The van der Waals surface area contributed by atoms with E-state index in [1.165, 1.54) is 12.0 Å². The molecule has 1 aromatic carbocycles. The zero-order valence-corrected chi connectivity index (χ0v) is 10.7. The van der Waals surface area contributed by atoms with Gasteiger partial charge in [0, 0.05) is 31.7 Å². The van der Waals surface area contributed by atoms with Gasteiger partial charge in [0.25, 0.3) is 0 Å². The van der Waals surface area contributed by atoms with Crippen LogP contribution in [-0.2, 0) is 6.54 Å². The molecule has 0 spiro atoms. The van der Waals surface area contributed by atoms with E-state index in [0.717, 1.165) is 37.5 Å². The predicted molar refractivity (Wildman–Crippen MR) is 68.6 cm³/mol. The van der Waals surface area contributed by atoms with Gasteiger partial charge in [-0.05, 0) is 24.1 Å². The van der Waals surface area contributed by atoms with Gasteiger partial charge in [-0.15, -0.1) is 0 Å². The Balaban J connectivity index is 1.71. The van der Waals surface area contributed by atoms with Crippen molar-refractivity contribution in [1.82, 2.24) is 10.2 Å². The normalized spacial score (nSPS) is 27.6. The van der Waals surface area contributed by atoms with E-state index in [0.29, 0.717) is 5.02 Å². The van der Waals surface area contributed by atoms with Crippen LogP contribution in [0, 0.1) is 0 Å². The molecule has 1 aromatic rings. The quantitative estimate of drug-likeness (QED) is 0.889. The topological polar surface area (TPSA) is 24.5 Å². The molecule has 17 heavy (non-hydrogen) atoms. The van der Waals surface area contributed by atoms with Crippen molar-refractivity contribution in [3.8, 4) is 5.75 Å². The number of rotatable bonds is 3. The van der Waals surface area contributed by atoms with Crippen LogP contribution in [0.4, 0.5) is 0 Å². The average Bonchev–Trinajstić information content (AvgIpc) is 2.37. The summed E-state index contributed by atoms with van der Waals surface area (Å²) in [6.45, 7) is 3.25. The molecular formula is C13H17ClN2O. The first kappa shape index (κ1) is 11.3. The summed E-state index contributed by atoms with van der Waals surface area (Å²) >= 11 is 6.14. The minimum absolute atomic E-state index is 0.703. The van der Waals surface area contributed by atoms with E-state index in [-0.39, 0.29) is 0 Å². The first-order valence-corrected chi connectivity index (χ1v) is 6.44. The number of methoxy groups -OCH3 is 1. The number of fused-ring (bicyclic) bond motifs is 2. The third-order valence-corrected chi connectivity index (χ3v) is 4.12. The SMILES string of the molecule is COc1ccc(CN2C3CNCC2C3)cc1Cl. The molecule has 2 unspecified atom stereocenters. The van der Waals surface area contributed by atoms with Gasteiger partial charge >= 0.3 is 0 Å². The minimum atomic E-state index is 0.703. The highest BCUT2D eigenvalue weighted by molar-refractivity contribution is 6.32. The van der Waals surface area contributed by atoms with Gasteiger partial charge in [-0.2, -0.15) is 0 Å². The number of benzene rings is 1. The summed E-state index contributed by atoms with van der Waals surface area (Å²) in [4.78, 5) is 2.56. The molecular weight excluding hydrogens is 236 g/mol. The summed E-state index contributed by atoms with van der Waals surface area (Å²) in [5.74, 6) is 0.751. The highest BCUT2D eigenvalue weighted by Gasteiger charge is 2.40.